The number of hydrogen-bond donors (Lipinski definition) is 0. The zero-order valence-electron chi connectivity index (χ0n) is 15.3. The molecule has 2 aliphatic rings. The van der Waals surface area contributed by atoms with Gasteiger partial charge in [0.1, 0.15) is 5.82 Å². The molecule has 2 fully saturated rings. The quantitative estimate of drug-likeness (QED) is 0.783. The van der Waals surface area contributed by atoms with Crippen molar-refractivity contribution in [3.63, 3.8) is 0 Å². The van der Waals surface area contributed by atoms with Gasteiger partial charge >= 0.3 is 6.18 Å². The van der Waals surface area contributed by atoms with Crippen LogP contribution in [0.15, 0.2) is 18.3 Å². The van der Waals surface area contributed by atoms with E-state index in [2.05, 4.69) is 21.7 Å². The van der Waals surface area contributed by atoms with Crippen molar-refractivity contribution in [2.75, 3.05) is 37.7 Å². The van der Waals surface area contributed by atoms with E-state index in [0.717, 1.165) is 70.7 Å². The molecule has 0 saturated carbocycles. The summed E-state index contributed by atoms with van der Waals surface area (Å²) in [4.78, 5) is 8.66. The van der Waals surface area contributed by atoms with Crippen molar-refractivity contribution >= 4 is 5.82 Å². The maximum absolute atomic E-state index is 12.7. The van der Waals surface area contributed by atoms with Gasteiger partial charge in [0.05, 0.1) is 11.7 Å². The molecule has 0 aliphatic carbocycles. The van der Waals surface area contributed by atoms with Gasteiger partial charge in [-0.1, -0.05) is 6.92 Å². The second kappa shape index (κ2) is 8.57. The van der Waals surface area contributed by atoms with Crippen molar-refractivity contribution in [3.8, 4) is 0 Å². The van der Waals surface area contributed by atoms with E-state index in [1.165, 1.54) is 12.5 Å². The van der Waals surface area contributed by atoms with E-state index < -0.39 is 11.7 Å². The summed E-state index contributed by atoms with van der Waals surface area (Å²) < 4.78 is 43.9. The fraction of sp³-hybridized carbons (Fsp3) is 0.737. The lowest BCUT2D eigenvalue weighted by Crippen LogP contribution is -2.50. The summed E-state index contributed by atoms with van der Waals surface area (Å²) in [5, 5.41) is 0. The van der Waals surface area contributed by atoms with Gasteiger partial charge in [-0.25, -0.2) is 4.98 Å². The Morgan fingerprint density at radius 3 is 2.54 bits per heavy atom. The first kappa shape index (κ1) is 19.4. The van der Waals surface area contributed by atoms with Gasteiger partial charge in [0.2, 0.25) is 0 Å². The largest absolute Gasteiger partial charge is 0.417 e. The number of aromatic nitrogens is 1. The van der Waals surface area contributed by atoms with Crippen LogP contribution in [0.5, 0.6) is 0 Å². The molecule has 7 heteroatoms. The predicted octanol–water partition coefficient (Wildman–Crippen LogP) is 3.96. The van der Waals surface area contributed by atoms with Crippen LogP contribution < -0.4 is 4.90 Å². The maximum Gasteiger partial charge on any atom is 0.417 e. The molecule has 4 nitrogen and oxygen atoms in total. The second-order valence-electron chi connectivity index (χ2n) is 7.25. The van der Waals surface area contributed by atoms with Gasteiger partial charge in [0, 0.05) is 38.5 Å². The molecule has 1 atom stereocenters. The summed E-state index contributed by atoms with van der Waals surface area (Å²) in [6, 6.07) is 3.14. The Labute approximate surface area is 153 Å². The Morgan fingerprint density at radius 1 is 1.15 bits per heavy atom. The molecule has 2 aliphatic heterocycles. The number of halogens is 3. The van der Waals surface area contributed by atoms with Crippen molar-refractivity contribution in [3.05, 3.63) is 23.9 Å². The zero-order valence-corrected chi connectivity index (χ0v) is 15.3. The lowest BCUT2D eigenvalue weighted by Gasteiger charge is -2.42. The molecule has 2 saturated heterocycles. The summed E-state index contributed by atoms with van der Waals surface area (Å²) in [5.41, 5.74) is -0.692. The molecule has 0 amide bonds. The Bertz CT molecular complexity index is 556. The van der Waals surface area contributed by atoms with Crippen molar-refractivity contribution in [1.29, 1.82) is 0 Å². The number of alkyl halides is 3. The van der Waals surface area contributed by atoms with E-state index in [9.17, 15) is 13.2 Å². The number of rotatable bonds is 5. The minimum atomic E-state index is -4.33. The Hall–Kier alpha value is -1.34. The highest BCUT2D eigenvalue weighted by atomic mass is 19.4. The first-order valence-electron chi connectivity index (χ1n) is 9.61. The summed E-state index contributed by atoms with van der Waals surface area (Å²) >= 11 is 0. The lowest BCUT2D eigenvalue weighted by molar-refractivity contribution is -0.137. The van der Waals surface area contributed by atoms with Crippen molar-refractivity contribution in [1.82, 2.24) is 9.88 Å². The topological polar surface area (TPSA) is 28.6 Å². The molecule has 0 N–H and O–H groups in total. The molecule has 0 spiro atoms. The number of nitrogens with zero attached hydrogens (tertiary/aromatic N) is 3. The standard InChI is InChI=1S/C19H28F3N3O/c1-2-12-26-17-4-3-9-25(14-17)16-7-10-24(11-8-16)18-6-5-15(13-23-18)19(20,21)22/h5-6,13,16-17H,2-4,7-12,14H2,1H3/t17-/m1/s1. The van der Waals surface area contributed by atoms with Gasteiger partial charge in [-0.15, -0.1) is 0 Å². The fourth-order valence-corrected chi connectivity index (χ4v) is 3.92. The average Bonchev–Trinajstić information content (AvgIpc) is 2.66. The Kier molecular flexibility index (Phi) is 6.40. The van der Waals surface area contributed by atoms with Gasteiger partial charge in [0.25, 0.3) is 0 Å². The zero-order chi connectivity index (χ0) is 18.6. The van der Waals surface area contributed by atoms with Crippen LogP contribution in [0.1, 0.15) is 44.6 Å². The third-order valence-electron chi connectivity index (χ3n) is 5.35. The van der Waals surface area contributed by atoms with Gasteiger partial charge in [0.15, 0.2) is 0 Å². The number of pyridine rings is 1. The lowest BCUT2D eigenvalue weighted by atomic mass is 9.99. The fourth-order valence-electron chi connectivity index (χ4n) is 3.92. The highest BCUT2D eigenvalue weighted by Gasteiger charge is 2.32. The molecule has 146 valence electrons. The van der Waals surface area contributed by atoms with Gasteiger partial charge < -0.3 is 9.64 Å². The average molecular weight is 371 g/mol. The first-order valence-corrected chi connectivity index (χ1v) is 9.61. The van der Waals surface area contributed by atoms with Crippen LogP contribution in [-0.2, 0) is 10.9 Å². The minimum absolute atomic E-state index is 0.346. The van der Waals surface area contributed by atoms with E-state index >= 15 is 0 Å². The van der Waals surface area contributed by atoms with E-state index in [1.807, 2.05) is 0 Å². The highest BCUT2D eigenvalue weighted by Crippen LogP contribution is 2.30. The molecule has 3 rings (SSSR count). The third kappa shape index (κ3) is 4.88. The van der Waals surface area contributed by atoms with Crippen LogP contribution >= 0.6 is 0 Å². The Morgan fingerprint density at radius 2 is 1.92 bits per heavy atom. The number of anilines is 1. The van der Waals surface area contributed by atoms with Crippen LogP contribution in [0, 0.1) is 0 Å². The summed E-state index contributed by atoms with van der Waals surface area (Å²) in [5.74, 6) is 0.638. The molecule has 0 radical (unpaired) electrons. The number of likely N-dealkylation sites (tertiary alicyclic amines) is 1. The number of piperidine rings is 2. The molecule has 1 aromatic rings. The van der Waals surface area contributed by atoms with Crippen LogP contribution in [-0.4, -0.2) is 54.8 Å². The van der Waals surface area contributed by atoms with Gasteiger partial charge in [-0.05, 0) is 50.8 Å². The maximum atomic E-state index is 12.7. The van der Waals surface area contributed by atoms with Crippen LogP contribution in [0.4, 0.5) is 19.0 Å². The molecule has 0 aromatic carbocycles. The number of hydrogen-bond acceptors (Lipinski definition) is 4. The van der Waals surface area contributed by atoms with Crippen LogP contribution in [0.25, 0.3) is 0 Å². The summed E-state index contributed by atoms with van der Waals surface area (Å²) in [7, 11) is 0. The van der Waals surface area contributed by atoms with Crippen molar-refractivity contribution < 1.29 is 17.9 Å². The first-order chi connectivity index (χ1) is 12.5. The van der Waals surface area contributed by atoms with E-state index in [4.69, 9.17) is 4.74 Å². The molecule has 0 unspecified atom stereocenters. The normalized spacial score (nSPS) is 23.4. The van der Waals surface area contributed by atoms with E-state index in [-0.39, 0.29) is 0 Å². The Balaban J connectivity index is 1.51. The van der Waals surface area contributed by atoms with Crippen molar-refractivity contribution in [2.45, 2.75) is 57.3 Å². The molecular formula is C19H28F3N3O. The minimum Gasteiger partial charge on any atom is -0.377 e. The molecule has 0 bridgehead atoms. The summed E-state index contributed by atoms with van der Waals surface area (Å²) in [6.07, 6.45) is 2.35. The van der Waals surface area contributed by atoms with Crippen LogP contribution in [0.2, 0.25) is 0 Å². The SMILES string of the molecule is CCCO[C@@H]1CCCN(C2CCN(c3ccc(C(F)(F)F)cn3)CC2)C1. The smallest absolute Gasteiger partial charge is 0.377 e. The second-order valence-corrected chi connectivity index (χ2v) is 7.25. The van der Waals surface area contributed by atoms with Crippen LogP contribution in [0.3, 0.4) is 0 Å². The third-order valence-corrected chi connectivity index (χ3v) is 5.35. The monoisotopic (exact) mass is 371 g/mol. The highest BCUT2D eigenvalue weighted by molar-refractivity contribution is 5.40. The molecular weight excluding hydrogens is 343 g/mol. The molecule has 26 heavy (non-hydrogen) atoms. The van der Waals surface area contributed by atoms with Crippen molar-refractivity contribution in [2.24, 2.45) is 0 Å². The molecule has 3 heterocycles. The molecule has 1 aromatic heterocycles. The summed E-state index contributed by atoms with van der Waals surface area (Å²) in [6.45, 7) is 6.75. The van der Waals surface area contributed by atoms with E-state index in [1.54, 1.807) is 0 Å². The van der Waals surface area contributed by atoms with Gasteiger partial charge in [-0.2, -0.15) is 13.2 Å². The van der Waals surface area contributed by atoms with E-state index in [0.29, 0.717) is 18.0 Å². The van der Waals surface area contributed by atoms with Gasteiger partial charge in [-0.3, -0.25) is 4.90 Å². The predicted molar refractivity (Wildman–Crippen MR) is 95.3 cm³/mol. The number of ether oxygens (including phenoxy) is 1.